The van der Waals surface area contributed by atoms with Gasteiger partial charge in [-0.2, -0.15) is 4.98 Å². The minimum absolute atomic E-state index is 0.198. The van der Waals surface area contributed by atoms with E-state index in [1.54, 1.807) is 6.07 Å². The Labute approximate surface area is 88.9 Å². The molecule has 0 saturated heterocycles. The zero-order chi connectivity index (χ0) is 10.6. The summed E-state index contributed by atoms with van der Waals surface area (Å²) < 4.78 is 0. The number of halogens is 1. The average molecular weight is 215 g/mol. The Morgan fingerprint density at radius 3 is 2.86 bits per heavy atom. The molecule has 0 aromatic carbocycles. The molecule has 78 valence electrons. The number of anilines is 2. The minimum atomic E-state index is 0.198. The maximum atomic E-state index is 5.74. The number of aromatic nitrogens is 2. The fourth-order valence-electron chi connectivity index (χ4n) is 1.27. The Bertz CT molecular complexity index is 283. The molecule has 0 amide bonds. The molecule has 1 rings (SSSR count). The molecule has 0 saturated carbocycles. The van der Waals surface area contributed by atoms with Crippen LogP contribution in [-0.2, 0) is 0 Å². The highest BCUT2D eigenvalue weighted by Crippen LogP contribution is 2.14. The summed E-state index contributed by atoms with van der Waals surface area (Å²) >= 11 is 5.74. The van der Waals surface area contributed by atoms with Crippen molar-refractivity contribution in [3.8, 4) is 0 Å². The quantitative estimate of drug-likeness (QED) is 0.755. The zero-order valence-electron chi connectivity index (χ0n) is 8.42. The highest BCUT2D eigenvalue weighted by atomic mass is 35.5. The SMILES string of the molecule is CCCC(C)Nc1cc(Cl)nc(N)n1. The molecule has 14 heavy (non-hydrogen) atoms. The Kier molecular flexibility index (Phi) is 3.95. The van der Waals surface area contributed by atoms with Crippen LogP contribution in [0.5, 0.6) is 0 Å². The monoisotopic (exact) mass is 214 g/mol. The van der Waals surface area contributed by atoms with Crippen LogP contribution >= 0.6 is 11.6 Å². The van der Waals surface area contributed by atoms with Crippen molar-refractivity contribution in [3.05, 3.63) is 11.2 Å². The molecule has 0 aliphatic heterocycles. The molecule has 0 bridgehead atoms. The lowest BCUT2D eigenvalue weighted by Crippen LogP contribution is -2.16. The molecule has 0 fully saturated rings. The Hall–Kier alpha value is -1.03. The van der Waals surface area contributed by atoms with E-state index >= 15 is 0 Å². The van der Waals surface area contributed by atoms with Gasteiger partial charge in [-0.05, 0) is 13.3 Å². The summed E-state index contributed by atoms with van der Waals surface area (Å²) in [5.74, 6) is 0.882. The first-order chi connectivity index (χ1) is 6.61. The molecule has 3 N–H and O–H groups in total. The van der Waals surface area contributed by atoms with Crippen LogP contribution in [0.15, 0.2) is 6.07 Å². The number of hydrogen-bond donors (Lipinski definition) is 2. The predicted octanol–water partition coefficient (Wildman–Crippen LogP) is 2.31. The molecule has 0 radical (unpaired) electrons. The highest BCUT2D eigenvalue weighted by molar-refractivity contribution is 6.29. The van der Waals surface area contributed by atoms with Crippen LogP contribution in [0.2, 0.25) is 5.15 Å². The highest BCUT2D eigenvalue weighted by Gasteiger charge is 2.04. The van der Waals surface area contributed by atoms with Gasteiger partial charge in [0.15, 0.2) is 0 Å². The lowest BCUT2D eigenvalue weighted by atomic mass is 10.2. The van der Waals surface area contributed by atoms with Crippen molar-refractivity contribution in [2.45, 2.75) is 32.7 Å². The fourth-order valence-corrected chi connectivity index (χ4v) is 1.46. The predicted molar refractivity (Wildman–Crippen MR) is 59.4 cm³/mol. The van der Waals surface area contributed by atoms with E-state index in [-0.39, 0.29) is 5.95 Å². The lowest BCUT2D eigenvalue weighted by Gasteiger charge is -2.13. The van der Waals surface area contributed by atoms with E-state index in [0.29, 0.717) is 17.0 Å². The smallest absolute Gasteiger partial charge is 0.223 e. The van der Waals surface area contributed by atoms with Gasteiger partial charge in [0.05, 0.1) is 0 Å². The van der Waals surface area contributed by atoms with Gasteiger partial charge in [0.1, 0.15) is 11.0 Å². The van der Waals surface area contributed by atoms with Crippen molar-refractivity contribution < 1.29 is 0 Å². The first-order valence-electron chi connectivity index (χ1n) is 4.68. The molecular formula is C9H15ClN4. The van der Waals surface area contributed by atoms with Crippen molar-refractivity contribution in [3.63, 3.8) is 0 Å². The van der Waals surface area contributed by atoms with Crippen molar-refractivity contribution in [1.29, 1.82) is 0 Å². The summed E-state index contributed by atoms with van der Waals surface area (Å²) in [5, 5.41) is 3.57. The van der Waals surface area contributed by atoms with Crippen molar-refractivity contribution in [2.24, 2.45) is 0 Å². The fraction of sp³-hybridized carbons (Fsp3) is 0.556. The molecule has 4 nitrogen and oxygen atoms in total. The summed E-state index contributed by atoms with van der Waals surface area (Å²) in [6.45, 7) is 4.23. The van der Waals surface area contributed by atoms with Crippen LogP contribution in [0.1, 0.15) is 26.7 Å². The van der Waals surface area contributed by atoms with Crippen molar-refractivity contribution >= 4 is 23.4 Å². The molecule has 5 heteroatoms. The van der Waals surface area contributed by atoms with Crippen molar-refractivity contribution in [2.75, 3.05) is 11.1 Å². The largest absolute Gasteiger partial charge is 0.368 e. The third kappa shape index (κ3) is 3.38. The maximum Gasteiger partial charge on any atom is 0.223 e. The van der Waals surface area contributed by atoms with E-state index < -0.39 is 0 Å². The molecule has 0 spiro atoms. The molecular weight excluding hydrogens is 200 g/mol. The van der Waals surface area contributed by atoms with E-state index in [0.717, 1.165) is 12.8 Å². The number of nitrogens with zero attached hydrogens (tertiary/aromatic N) is 2. The van der Waals surface area contributed by atoms with Gasteiger partial charge in [0.25, 0.3) is 0 Å². The van der Waals surface area contributed by atoms with Crippen LogP contribution in [0.4, 0.5) is 11.8 Å². The standard InChI is InChI=1S/C9H15ClN4/c1-3-4-6(2)12-8-5-7(10)13-9(11)14-8/h5-6H,3-4H2,1-2H3,(H3,11,12,13,14). The second-order valence-corrected chi connectivity index (χ2v) is 3.66. The maximum absolute atomic E-state index is 5.74. The second kappa shape index (κ2) is 5.00. The van der Waals surface area contributed by atoms with Gasteiger partial charge in [0, 0.05) is 12.1 Å². The van der Waals surface area contributed by atoms with E-state index in [9.17, 15) is 0 Å². The third-order valence-corrected chi connectivity index (χ3v) is 2.02. The Balaban J connectivity index is 2.66. The Morgan fingerprint density at radius 2 is 2.29 bits per heavy atom. The molecule has 1 unspecified atom stereocenters. The Morgan fingerprint density at radius 1 is 1.57 bits per heavy atom. The average Bonchev–Trinajstić information content (AvgIpc) is 2.01. The first kappa shape index (κ1) is 11.0. The van der Waals surface area contributed by atoms with Crippen LogP contribution in [0.25, 0.3) is 0 Å². The lowest BCUT2D eigenvalue weighted by molar-refractivity contribution is 0.687. The molecule has 0 aliphatic rings. The first-order valence-corrected chi connectivity index (χ1v) is 5.06. The van der Waals surface area contributed by atoms with Gasteiger partial charge in [-0.1, -0.05) is 24.9 Å². The number of rotatable bonds is 4. The van der Waals surface area contributed by atoms with Gasteiger partial charge in [-0.15, -0.1) is 0 Å². The summed E-state index contributed by atoms with van der Waals surface area (Å²) in [5.41, 5.74) is 5.46. The summed E-state index contributed by atoms with van der Waals surface area (Å²) in [6.07, 6.45) is 2.21. The van der Waals surface area contributed by atoms with E-state index in [1.165, 1.54) is 0 Å². The number of nitrogen functional groups attached to an aromatic ring is 1. The van der Waals surface area contributed by atoms with Gasteiger partial charge in [0.2, 0.25) is 5.95 Å². The van der Waals surface area contributed by atoms with Crippen LogP contribution in [-0.4, -0.2) is 16.0 Å². The van der Waals surface area contributed by atoms with E-state index in [2.05, 4.69) is 29.1 Å². The molecule has 1 aromatic rings. The number of nitrogens with one attached hydrogen (secondary N) is 1. The minimum Gasteiger partial charge on any atom is -0.368 e. The van der Waals surface area contributed by atoms with Gasteiger partial charge in [-0.25, -0.2) is 4.98 Å². The van der Waals surface area contributed by atoms with Gasteiger partial charge >= 0.3 is 0 Å². The number of nitrogens with two attached hydrogens (primary N) is 1. The van der Waals surface area contributed by atoms with Crippen LogP contribution in [0, 0.1) is 0 Å². The topological polar surface area (TPSA) is 63.8 Å². The van der Waals surface area contributed by atoms with Gasteiger partial charge in [-0.3, -0.25) is 0 Å². The van der Waals surface area contributed by atoms with Crippen LogP contribution < -0.4 is 11.1 Å². The van der Waals surface area contributed by atoms with Crippen molar-refractivity contribution in [1.82, 2.24) is 9.97 Å². The molecule has 0 aliphatic carbocycles. The summed E-state index contributed by atoms with van der Waals surface area (Å²) in [4.78, 5) is 7.81. The van der Waals surface area contributed by atoms with E-state index in [4.69, 9.17) is 17.3 Å². The normalized spacial score (nSPS) is 12.5. The summed E-state index contributed by atoms with van der Waals surface area (Å²) in [6, 6.07) is 2.04. The van der Waals surface area contributed by atoms with E-state index in [1.807, 2.05) is 0 Å². The number of hydrogen-bond acceptors (Lipinski definition) is 4. The summed E-state index contributed by atoms with van der Waals surface area (Å²) in [7, 11) is 0. The van der Waals surface area contributed by atoms with Gasteiger partial charge < -0.3 is 11.1 Å². The molecule has 1 atom stereocenters. The van der Waals surface area contributed by atoms with Crippen LogP contribution in [0.3, 0.4) is 0 Å². The third-order valence-electron chi connectivity index (χ3n) is 1.83. The second-order valence-electron chi connectivity index (χ2n) is 3.27. The zero-order valence-corrected chi connectivity index (χ0v) is 9.17. The molecule has 1 heterocycles. The molecule has 1 aromatic heterocycles.